The zero-order valence-electron chi connectivity index (χ0n) is 6.31. The Morgan fingerprint density at radius 3 is 2.80 bits per heavy atom. The topological polar surface area (TPSA) is 35.2 Å². The molecule has 0 bridgehead atoms. The fraction of sp³-hybridized carbons (Fsp3) is 1.00. The van der Waals surface area contributed by atoms with Crippen LogP contribution < -0.4 is 5.73 Å². The number of ether oxygens (including phenoxy) is 1. The van der Waals surface area contributed by atoms with Crippen molar-refractivity contribution in [1.82, 2.24) is 0 Å². The monoisotopic (exact) mass is 141 g/mol. The summed E-state index contributed by atoms with van der Waals surface area (Å²) in [6, 6.07) is 0.426. The van der Waals surface area contributed by atoms with Gasteiger partial charge in [0.25, 0.3) is 0 Å². The lowest BCUT2D eigenvalue weighted by atomic mass is 9.82. The van der Waals surface area contributed by atoms with Crippen LogP contribution in [0.3, 0.4) is 0 Å². The zero-order chi connectivity index (χ0) is 7.03. The zero-order valence-corrected chi connectivity index (χ0v) is 6.31. The van der Waals surface area contributed by atoms with Crippen molar-refractivity contribution in [3.63, 3.8) is 0 Å². The Kier molecular flexibility index (Phi) is 1.46. The molecule has 1 aliphatic carbocycles. The normalized spacial score (nSPS) is 47.1. The maximum Gasteiger partial charge on any atom is 0.0538 e. The van der Waals surface area contributed by atoms with E-state index in [1.807, 2.05) is 0 Å². The van der Waals surface area contributed by atoms with Gasteiger partial charge in [-0.1, -0.05) is 6.42 Å². The fourth-order valence-corrected chi connectivity index (χ4v) is 2.28. The second-order valence-corrected chi connectivity index (χ2v) is 3.66. The maximum absolute atomic E-state index is 6.00. The molecule has 0 aromatic carbocycles. The standard InChI is InChI=1S/C8H15NO/c9-7-2-1-3-8(7)4-5-10-6-8/h7H,1-6,9H2. The van der Waals surface area contributed by atoms with Crippen LogP contribution in [0.25, 0.3) is 0 Å². The van der Waals surface area contributed by atoms with Crippen LogP contribution in [0.2, 0.25) is 0 Å². The molecule has 2 aliphatic rings. The van der Waals surface area contributed by atoms with E-state index in [1.165, 1.54) is 25.7 Å². The largest absolute Gasteiger partial charge is 0.381 e. The van der Waals surface area contributed by atoms with Gasteiger partial charge in [-0.25, -0.2) is 0 Å². The van der Waals surface area contributed by atoms with Crippen LogP contribution in [0, 0.1) is 5.41 Å². The van der Waals surface area contributed by atoms with Crippen molar-refractivity contribution in [2.24, 2.45) is 11.1 Å². The molecule has 2 nitrogen and oxygen atoms in total. The van der Waals surface area contributed by atoms with Gasteiger partial charge in [0.05, 0.1) is 6.61 Å². The smallest absolute Gasteiger partial charge is 0.0538 e. The Morgan fingerprint density at radius 2 is 2.30 bits per heavy atom. The van der Waals surface area contributed by atoms with Crippen molar-refractivity contribution < 1.29 is 4.74 Å². The molecule has 2 rings (SSSR count). The third kappa shape index (κ3) is 0.789. The highest BCUT2D eigenvalue weighted by atomic mass is 16.5. The average Bonchev–Trinajstić information content (AvgIpc) is 2.48. The molecule has 1 aliphatic heterocycles. The first-order valence-electron chi connectivity index (χ1n) is 4.17. The second kappa shape index (κ2) is 2.21. The predicted molar refractivity (Wildman–Crippen MR) is 39.7 cm³/mol. The summed E-state index contributed by atoms with van der Waals surface area (Å²) in [6.45, 7) is 1.86. The summed E-state index contributed by atoms with van der Waals surface area (Å²) < 4.78 is 5.37. The van der Waals surface area contributed by atoms with Crippen molar-refractivity contribution in [2.45, 2.75) is 31.7 Å². The highest BCUT2D eigenvalue weighted by molar-refractivity contribution is 4.96. The molecule has 2 heteroatoms. The molecule has 0 aromatic heterocycles. The van der Waals surface area contributed by atoms with E-state index in [2.05, 4.69) is 0 Å². The fourth-order valence-electron chi connectivity index (χ4n) is 2.28. The first kappa shape index (κ1) is 6.62. The van der Waals surface area contributed by atoms with Crippen molar-refractivity contribution in [1.29, 1.82) is 0 Å². The molecule has 10 heavy (non-hydrogen) atoms. The van der Waals surface area contributed by atoms with Gasteiger partial charge in [0.1, 0.15) is 0 Å². The van der Waals surface area contributed by atoms with E-state index in [9.17, 15) is 0 Å². The van der Waals surface area contributed by atoms with Crippen LogP contribution >= 0.6 is 0 Å². The minimum atomic E-state index is 0.403. The molecule has 1 saturated carbocycles. The van der Waals surface area contributed by atoms with Gasteiger partial charge >= 0.3 is 0 Å². The molecular formula is C8H15NO. The molecule has 0 amide bonds. The highest BCUT2D eigenvalue weighted by Gasteiger charge is 2.43. The van der Waals surface area contributed by atoms with Crippen molar-refractivity contribution >= 4 is 0 Å². The van der Waals surface area contributed by atoms with Gasteiger partial charge < -0.3 is 10.5 Å². The molecule has 0 aromatic rings. The van der Waals surface area contributed by atoms with Crippen LogP contribution in [0.1, 0.15) is 25.7 Å². The van der Waals surface area contributed by atoms with Gasteiger partial charge in [0, 0.05) is 18.1 Å². The van der Waals surface area contributed by atoms with Crippen LogP contribution in [0.5, 0.6) is 0 Å². The lowest BCUT2D eigenvalue weighted by Crippen LogP contribution is -2.37. The second-order valence-electron chi connectivity index (χ2n) is 3.66. The first-order valence-corrected chi connectivity index (χ1v) is 4.17. The van der Waals surface area contributed by atoms with Gasteiger partial charge in [-0.3, -0.25) is 0 Å². The number of nitrogens with two attached hydrogens (primary N) is 1. The van der Waals surface area contributed by atoms with Gasteiger partial charge in [0.15, 0.2) is 0 Å². The van der Waals surface area contributed by atoms with E-state index < -0.39 is 0 Å². The molecule has 1 saturated heterocycles. The molecule has 2 fully saturated rings. The predicted octanol–water partition coefficient (Wildman–Crippen LogP) is 0.904. The summed E-state index contributed by atoms with van der Waals surface area (Å²) in [5, 5.41) is 0. The molecule has 2 atom stereocenters. The minimum absolute atomic E-state index is 0.403. The molecule has 0 radical (unpaired) electrons. The minimum Gasteiger partial charge on any atom is -0.381 e. The lowest BCUT2D eigenvalue weighted by molar-refractivity contribution is 0.145. The quantitative estimate of drug-likeness (QED) is 0.544. The van der Waals surface area contributed by atoms with Crippen molar-refractivity contribution in [2.75, 3.05) is 13.2 Å². The van der Waals surface area contributed by atoms with Crippen molar-refractivity contribution in [3.8, 4) is 0 Å². The van der Waals surface area contributed by atoms with E-state index in [0.717, 1.165) is 13.2 Å². The number of rotatable bonds is 0. The van der Waals surface area contributed by atoms with E-state index in [1.54, 1.807) is 0 Å². The van der Waals surface area contributed by atoms with E-state index in [-0.39, 0.29) is 0 Å². The Morgan fingerprint density at radius 1 is 1.40 bits per heavy atom. The SMILES string of the molecule is NC1CCCC12CCOC2. The Bertz CT molecular complexity index is 124. The summed E-state index contributed by atoms with van der Waals surface area (Å²) in [5.74, 6) is 0. The van der Waals surface area contributed by atoms with Crippen LogP contribution in [-0.4, -0.2) is 19.3 Å². The van der Waals surface area contributed by atoms with Crippen LogP contribution in [0.4, 0.5) is 0 Å². The van der Waals surface area contributed by atoms with E-state index in [0.29, 0.717) is 11.5 Å². The van der Waals surface area contributed by atoms with Gasteiger partial charge in [-0.2, -0.15) is 0 Å². The Balaban J connectivity index is 2.11. The molecule has 2 unspecified atom stereocenters. The summed E-state index contributed by atoms with van der Waals surface area (Å²) in [7, 11) is 0. The van der Waals surface area contributed by atoms with E-state index in [4.69, 9.17) is 10.5 Å². The maximum atomic E-state index is 6.00. The Hall–Kier alpha value is -0.0800. The van der Waals surface area contributed by atoms with Gasteiger partial charge in [0.2, 0.25) is 0 Å². The summed E-state index contributed by atoms with van der Waals surface area (Å²) in [6.07, 6.45) is 5.02. The lowest BCUT2D eigenvalue weighted by Gasteiger charge is -2.25. The summed E-state index contributed by atoms with van der Waals surface area (Å²) in [4.78, 5) is 0. The number of hydrogen-bond acceptors (Lipinski definition) is 2. The Labute approximate surface area is 61.7 Å². The third-order valence-corrected chi connectivity index (χ3v) is 3.11. The molecule has 1 spiro atoms. The van der Waals surface area contributed by atoms with Crippen LogP contribution in [0.15, 0.2) is 0 Å². The first-order chi connectivity index (χ1) is 4.83. The van der Waals surface area contributed by atoms with Gasteiger partial charge in [-0.05, 0) is 19.3 Å². The van der Waals surface area contributed by atoms with Crippen LogP contribution in [-0.2, 0) is 4.74 Å². The van der Waals surface area contributed by atoms with E-state index >= 15 is 0 Å². The van der Waals surface area contributed by atoms with Crippen molar-refractivity contribution in [3.05, 3.63) is 0 Å². The number of hydrogen-bond donors (Lipinski definition) is 1. The highest BCUT2D eigenvalue weighted by Crippen LogP contribution is 2.43. The van der Waals surface area contributed by atoms with Gasteiger partial charge in [-0.15, -0.1) is 0 Å². The molecule has 58 valence electrons. The third-order valence-electron chi connectivity index (χ3n) is 3.11. The molecular weight excluding hydrogens is 126 g/mol. The molecule has 1 heterocycles. The summed E-state index contributed by atoms with van der Waals surface area (Å²) >= 11 is 0. The summed E-state index contributed by atoms with van der Waals surface area (Å²) in [5.41, 5.74) is 6.40. The average molecular weight is 141 g/mol. The molecule has 2 N–H and O–H groups in total.